The third-order valence-corrected chi connectivity index (χ3v) is 2.86. The van der Waals surface area contributed by atoms with Gasteiger partial charge in [0.1, 0.15) is 0 Å². The molecule has 0 radical (unpaired) electrons. The number of carbonyl (C=O) groups excluding carboxylic acids is 1. The number of benzene rings is 2. The summed E-state index contributed by atoms with van der Waals surface area (Å²) in [4.78, 5) is 13.3. The van der Waals surface area contributed by atoms with E-state index in [0.29, 0.717) is 0 Å². The molecular weight excluding hydrogens is 224 g/mol. The van der Waals surface area contributed by atoms with Crippen molar-refractivity contribution < 1.29 is 4.79 Å². The van der Waals surface area contributed by atoms with Gasteiger partial charge in [-0.3, -0.25) is 4.79 Å². The molecule has 18 heavy (non-hydrogen) atoms. The molecule has 2 rings (SSSR count). The second-order valence-corrected chi connectivity index (χ2v) is 4.26. The van der Waals surface area contributed by atoms with Crippen LogP contribution in [0.4, 0.5) is 5.69 Å². The van der Waals surface area contributed by atoms with Crippen LogP contribution in [0.2, 0.25) is 0 Å². The molecule has 3 nitrogen and oxygen atoms in total. The molecule has 0 unspecified atom stereocenters. The number of anilines is 1. The second-order valence-electron chi connectivity index (χ2n) is 4.26. The van der Waals surface area contributed by atoms with Crippen LogP contribution in [0.1, 0.15) is 6.42 Å². The van der Waals surface area contributed by atoms with Gasteiger partial charge in [0.05, 0.1) is 19.0 Å². The lowest BCUT2D eigenvalue weighted by atomic mass is 10.1. The molecule has 3 heteroatoms. The number of likely N-dealkylation sites (N-methyl/N-ethyl adjacent to an activating group) is 1. The summed E-state index contributed by atoms with van der Waals surface area (Å²) in [7, 11) is 1.86. The molecule has 0 aliphatic carbocycles. The lowest BCUT2D eigenvalue weighted by Crippen LogP contribution is -2.25. The van der Waals surface area contributed by atoms with Crippen LogP contribution in [-0.4, -0.2) is 19.4 Å². The van der Waals surface area contributed by atoms with Gasteiger partial charge >= 0.3 is 0 Å². The highest BCUT2D eigenvalue weighted by Crippen LogP contribution is 2.21. The zero-order valence-electron chi connectivity index (χ0n) is 10.3. The van der Waals surface area contributed by atoms with E-state index in [1.807, 2.05) is 48.3 Å². The van der Waals surface area contributed by atoms with E-state index in [0.717, 1.165) is 11.1 Å². The summed E-state index contributed by atoms with van der Waals surface area (Å²) in [6.07, 6.45) is -0.0298. The summed E-state index contributed by atoms with van der Waals surface area (Å²) in [5, 5.41) is 10.8. The van der Waals surface area contributed by atoms with Gasteiger partial charge in [-0.15, -0.1) is 0 Å². The fourth-order valence-corrected chi connectivity index (χ4v) is 1.91. The Hall–Kier alpha value is -2.34. The first-order valence-corrected chi connectivity index (χ1v) is 5.79. The van der Waals surface area contributed by atoms with Crippen molar-refractivity contribution in [1.82, 2.24) is 0 Å². The summed E-state index contributed by atoms with van der Waals surface area (Å²) in [6.45, 7) is 0.270. The maximum absolute atomic E-state index is 11.4. The Kier molecular flexibility index (Phi) is 3.59. The van der Waals surface area contributed by atoms with Crippen molar-refractivity contribution >= 4 is 22.2 Å². The summed E-state index contributed by atoms with van der Waals surface area (Å²) >= 11 is 0. The van der Waals surface area contributed by atoms with Gasteiger partial charge in [-0.25, -0.2) is 0 Å². The Balaban J connectivity index is 2.20. The van der Waals surface area contributed by atoms with E-state index in [2.05, 4.69) is 12.1 Å². The topological polar surface area (TPSA) is 44.1 Å². The van der Waals surface area contributed by atoms with Crippen LogP contribution in [0, 0.1) is 11.3 Å². The van der Waals surface area contributed by atoms with Crippen molar-refractivity contribution in [2.45, 2.75) is 6.42 Å². The van der Waals surface area contributed by atoms with Gasteiger partial charge in [-0.05, 0) is 22.9 Å². The van der Waals surface area contributed by atoms with Crippen molar-refractivity contribution in [1.29, 1.82) is 5.26 Å². The first kappa shape index (κ1) is 12.1. The number of hydrogen-bond donors (Lipinski definition) is 0. The molecule has 0 fully saturated rings. The Morgan fingerprint density at radius 3 is 2.67 bits per heavy atom. The number of carbonyl (C=O) groups is 1. The fourth-order valence-electron chi connectivity index (χ4n) is 1.91. The zero-order valence-corrected chi connectivity index (χ0v) is 10.3. The molecule has 0 atom stereocenters. The van der Waals surface area contributed by atoms with Gasteiger partial charge in [0.15, 0.2) is 5.78 Å². The van der Waals surface area contributed by atoms with Gasteiger partial charge in [-0.2, -0.15) is 5.26 Å². The zero-order chi connectivity index (χ0) is 13.0. The van der Waals surface area contributed by atoms with Gasteiger partial charge in [0, 0.05) is 12.7 Å². The van der Waals surface area contributed by atoms with E-state index < -0.39 is 0 Å². The molecule has 0 saturated heterocycles. The standard InChI is InChI=1S/C15H14N2O/c1-17(11-15(18)8-9-16)14-7-6-12-4-2-3-5-13(12)10-14/h2-7,10H,8,11H2,1H3. The van der Waals surface area contributed by atoms with E-state index in [4.69, 9.17) is 5.26 Å². The molecule has 0 saturated carbocycles. The van der Waals surface area contributed by atoms with E-state index in [1.54, 1.807) is 0 Å². The van der Waals surface area contributed by atoms with Crippen molar-refractivity contribution in [3.8, 4) is 6.07 Å². The number of nitriles is 1. The van der Waals surface area contributed by atoms with Crippen LogP contribution < -0.4 is 4.90 Å². The van der Waals surface area contributed by atoms with Crippen molar-refractivity contribution in [2.24, 2.45) is 0 Å². The number of Topliss-reactive ketones (excluding diaryl/α,β-unsaturated/α-hetero) is 1. The van der Waals surface area contributed by atoms with Gasteiger partial charge in [0.25, 0.3) is 0 Å². The van der Waals surface area contributed by atoms with Crippen LogP contribution >= 0.6 is 0 Å². The lowest BCUT2D eigenvalue weighted by Gasteiger charge is -2.18. The van der Waals surface area contributed by atoms with E-state index in [9.17, 15) is 4.79 Å². The predicted molar refractivity (Wildman–Crippen MR) is 72.5 cm³/mol. The Labute approximate surface area is 106 Å². The van der Waals surface area contributed by atoms with Crippen LogP contribution in [0.3, 0.4) is 0 Å². The number of fused-ring (bicyclic) bond motifs is 1. The smallest absolute Gasteiger partial charge is 0.166 e. The number of nitrogens with zero attached hydrogens (tertiary/aromatic N) is 2. The maximum atomic E-state index is 11.4. The van der Waals surface area contributed by atoms with Crippen LogP contribution in [0.5, 0.6) is 0 Å². The summed E-state index contributed by atoms with van der Waals surface area (Å²) < 4.78 is 0. The van der Waals surface area contributed by atoms with E-state index in [-0.39, 0.29) is 18.7 Å². The molecule has 0 N–H and O–H groups in total. The molecule has 0 spiro atoms. The second kappa shape index (κ2) is 5.33. The van der Waals surface area contributed by atoms with Crippen molar-refractivity contribution in [3.05, 3.63) is 42.5 Å². The lowest BCUT2D eigenvalue weighted by molar-refractivity contribution is -0.116. The summed E-state index contributed by atoms with van der Waals surface area (Å²) in [5.41, 5.74) is 0.986. The summed E-state index contributed by atoms with van der Waals surface area (Å²) in [5.74, 6) is -0.0619. The number of hydrogen-bond acceptors (Lipinski definition) is 3. The minimum Gasteiger partial charge on any atom is -0.367 e. The minimum absolute atomic E-state index is 0.0298. The fraction of sp³-hybridized carbons (Fsp3) is 0.200. The third-order valence-electron chi connectivity index (χ3n) is 2.86. The van der Waals surface area contributed by atoms with Gasteiger partial charge < -0.3 is 4.90 Å². The highest BCUT2D eigenvalue weighted by Gasteiger charge is 2.07. The normalized spacial score (nSPS) is 10.0. The Morgan fingerprint density at radius 1 is 1.22 bits per heavy atom. The molecule has 2 aromatic rings. The average Bonchev–Trinajstić information content (AvgIpc) is 2.38. The van der Waals surface area contributed by atoms with Crippen LogP contribution in [-0.2, 0) is 4.79 Å². The molecule has 0 bridgehead atoms. The first-order chi connectivity index (χ1) is 8.70. The van der Waals surface area contributed by atoms with Crippen LogP contribution in [0.25, 0.3) is 10.8 Å². The highest BCUT2D eigenvalue weighted by atomic mass is 16.1. The number of ketones is 1. The molecule has 0 amide bonds. The van der Waals surface area contributed by atoms with E-state index in [1.165, 1.54) is 5.39 Å². The Bertz CT molecular complexity index is 613. The quantitative estimate of drug-likeness (QED) is 0.822. The van der Waals surface area contributed by atoms with Gasteiger partial charge in [-0.1, -0.05) is 30.3 Å². The minimum atomic E-state index is -0.0619. The molecule has 0 aliphatic heterocycles. The van der Waals surface area contributed by atoms with Gasteiger partial charge in [0.2, 0.25) is 0 Å². The SMILES string of the molecule is CN(CC(=O)CC#N)c1ccc2ccccc2c1. The van der Waals surface area contributed by atoms with Crippen molar-refractivity contribution in [3.63, 3.8) is 0 Å². The highest BCUT2D eigenvalue weighted by molar-refractivity contribution is 5.88. The molecule has 2 aromatic carbocycles. The molecule has 0 aliphatic rings. The monoisotopic (exact) mass is 238 g/mol. The summed E-state index contributed by atoms with van der Waals surface area (Å²) in [6, 6.07) is 16.1. The molecule has 0 aromatic heterocycles. The maximum Gasteiger partial charge on any atom is 0.166 e. The predicted octanol–water partition coefficient (Wildman–Crippen LogP) is 2.76. The third kappa shape index (κ3) is 2.67. The number of rotatable bonds is 4. The largest absolute Gasteiger partial charge is 0.367 e. The molecule has 90 valence electrons. The van der Waals surface area contributed by atoms with E-state index >= 15 is 0 Å². The molecule has 0 heterocycles. The first-order valence-electron chi connectivity index (χ1n) is 5.79. The molecular formula is C15H14N2O. The Morgan fingerprint density at radius 2 is 1.94 bits per heavy atom. The average molecular weight is 238 g/mol. The van der Waals surface area contributed by atoms with Crippen molar-refractivity contribution in [2.75, 3.05) is 18.5 Å². The van der Waals surface area contributed by atoms with Crippen LogP contribution in [0.15, 0.2) is 42.5 Å².